The number of benzene rings is 2. The van der Waals surface area contributed by atoms with Crippen LogP contribution in [0.25, 0.3) is 11.1 Å². The summed E-state index contributed by atoms with van der Waals surface area (Å²) in [4.78, 5) is 34.8. The minimum absolute atomic E-state index is 0.0161. The molecule has 3 N–H and O–H groups in total. The van der Waals surface area contributed by atoms with Gasteiger partial charge in [-0.25, -0.2) is 9.69 Å². The monoisotopic (exact) mass is 391 g/mol. The van der Waals surface area contributed by atoms with Gasteiger partial charge in [0.1, 0.15) is 0 Å². The van der Waals surface area contributed by atoms with Gasteiger partial charge in [-0.3, -0.25) is 4.79 Å². The van der Waals surface area contributed by atoms with Gasteiger partial charge in [0.05, 0.1) is 6.42 Å². The lowest BCUT2D eigenvalue weighted by Crippen LogP contribution is -2.49. The molecule has 0 fully saturated rings. The zero-order chi connectivity index (χ0) is 19.7. The number of carboxylic acids is 2. The summed E-state index contributed by atoms with van der Waals surface area (Å²) >= 11 is 0. The Bertz CT molecular complexity index is 884. The molecule has 0 saturated heterocycles. The van der Waals surface area contributed by atoms with Gasteiger partial charge >= 0.3 is 19.7 Å². The molecule has 2 unspecified atom stereocenters. The van der Waals surface area contributed by atoms with E-state index in [1.165, 1.54) is 0 Å². The Labute approximate surface area is 156 Å². The SMILES string of the molecule is CCOC(CC(=O)O)(C[P+]1(O)Oc2ccccc2-c2ccccc21)C(=O)O. The van der Waals surface area contributed by atoms with Crippen LogP contribution in [-0.4, -0.2) is 45.4 Å². The van der Waals surface area contributed by atoms with Gasteiger partial charge < -0.3 is 19.5 Å². The van der Waals surface area contributed by atoms with Crippen molar-refractivity contribution < 1.29 is 34.0 Å². The molecule has 2 aromatic carbocycles. The molecule has 2 atom stereocenters. The van der Waals surface area contributed by atoms with Crippen molar-refractivity contribution in [2.24, 2.45) is 0 Å². The third-order valence-corrected chi connectivity index (χ3v) is 7.00. The predicted octanol–water partition coefficient (Wildman–Crippen LogP) is 2.55. The molecule has 0 radical (unpaired) electrons. The van der Waals surface area contributed by atoms with Crippen LogP contribution < -0.4 is 9.83 Å². The van der Waals surface area contributed by atoms with E-state index >= 15 is 0 Å². The number of aliphatic carboxylic acids is 2. The molecule has 3 rings (SSSR count). The van der Waals surface area contributed by atoms with Gasteiger partial charge in [-0.05, 0) is 19.1 Å². The van der Waals surface area contributed by atoms with E-state index in [0.717, 1.165) is 11.1 Å². The standard InChI is InChI=1S/C19H19O7P/c1-2-25-19(18(22)23,11-17(20)21)12-27(24)16-10-6-4-8-14(16)13-7-3-5-9-15(13)26-27/h3-10,24H,2,11-12H2,1H3,(H-,20,21,22,23)/p+1. The van der Waals surface area contributed by atoms with E-state index in [0.29, 0.717) is 11.1 Å². The van der Waals surface area contributed by atoms with Gasteiger partial charge in [0.2, 0.25) is 5.60 Å². The highest BCUT2D eigenvalue weighted by molar-refractivity contribution is 7.74. The molecule has 1 aliphatic heterocycles. The van der Waals surface area contributed by atoms with Crippen molar-refractivity contribution in [2.45, 2.75) is 18.9 Å². The van der Waals surface area contributed by atoms with E-state index in [1.54, 1.807) is 31.2 Å². The van der Waals surface area contributed by atoms with Crippen LogP contribution in [0.2, 0.25) is 0 Å². The second kappa shape index (κ2) is 7.27. The summed E-state index contributed by atoms with van der Waals surface area (Å²) in [5.41, 5.74) is -0.572. The van der Waals surface area contributed by atoms with E-state index in [2.05, 4.69) is 0 Å². The molecule has 0 spiro atoms. The lowest BCUT2D eigenvalue weighted by molar-refractivity contribution is -0.169. The maximum Gasteiger partial charge on any atom is 0.353 e. The zero-order valence-electron chi connectivity index (χ0n) is 14.7. The van der Waals surface area contributed by atoms with Crippen LogP contribution in [0.4, 0.5) is 0 Å². The van der Waals surface area contributed by atoms with Crippen molar-refractivity contribution in [3.05, 3.63) is 48.5 Å². The number of hydrogen-bond acceptors (Lipinski definition) is 5. The molecule has 2 aromatic rings. The Morgan fingerprint density at radius 2 is 1.70 bits per heavy atom. The van der Waals surface area contributed by atoms with Crippen LogP contribution >= 0.6 is 7.72 Å². The number of rotatable bonds is 7. The summed E-state index contributed by atoms with van der Waals surface area (Å²) in [6.45, 7) is 1.56. The van der Waals surface area contributed by atoms with Crippen molar-refractivity contribution in [1.29, 1.82) is 0 Å². The minimum atomic E-state index is -3.52. The van der Waals surface area contributed by atoms with Crippen LogP contribution in [-0.2, 0) is 14.3 Å². The van der Waals surface area contributed by atoms with Crippen molar-refractivity contribution in [2.75, 3.05) is 12.8 Å². The van der Waals surface area contributed by atoms with E-state index in [9.17, 15) is 24.7 Å². The van der Waals surface area contributed by atoms with Gasteiger partial charge in [0.25, 0.3) is 0 Å². The fourth-order valence-electron chi connectivity index (χ4n) is 3.33. The second-order valence-corrected chi connectivity index (χ2v) is 8.65. The first-order valence-electron chi connectivity index (χ1n) is 8.40. The number of para-hydroxylation sites is 1. The van der Waals surface area contributed by atoms with Gasteiger partial charge in [0.15, 0.2) is 17.2 Å². The molecule has 0 saturated carbocycles. The lowest BCUT2D eigenvalue weighted by atomic mass is 10.0. The summed E-state index contributed by atoms with van der Waals surface area (Å²) in [5, 5.41) is 19.5. The highest BCUT2D eigenvalue weighted by Gasteiger charge is 2.59. The molecule has 1 heterocycles. The highest BCUT2D eigenvalue weighted by Crippen LogP contribution is 2.62. The van der Waals surface area contributed by atoms with Gasteiger partial charge in [-0.2, -0.15) is 0 Å². The predicted molar refractivity (Wildman–Crippen MR) is 100 cm³/mol. The Hall–Kier alpha value is -2.47. The summed E-state index contributed by atoms with van der Waals surface area (Å²) in [6.07, 6.45) is -1.26. The lowest BCUT2D eigenvalue weighted by Gasteiger charge is -2.33. The van der Waals surface area contributed by atoms with Crippen molar-refractivity contribution in [3.63, 3.8) is 0 Å². The number of carbonyl (C=O) groups is 2. The van der Waals surface area contributed by atoms with Crippen LogP contribution in [0, 0.1) is 0 Å². The average Bonchev–Trinajstić information content (AvgIpc) is 2.61. The third kappa shape index (κ3) is 3.54. The van der Waals surface area contributed by atoms with Crippen LogP contribution in [0.15, 0.2) is 48.5 Å². The van der Waals surface area contributed by atoms with E-state index in [-0.39, 0.29) is 6.61 Å². The maximum absolute atomic E-state index is 12.0. The first kappa shape index (κ1) is 19.3. The number of ether oxygens (including phenoxy) is 1. The Kier molecular flexibility index (Phi) is 5.20. The van der Waals surface area contributed by atoms with E-state index in [1.807, 2.05) is 24.3 Å². The summed E-state index contributed by atoms with van der Waals surface area (Å²) in [5.74, 6) is -2.35. The minimum Gasteiger partial charge on any atom is -0.481 e. The average molecular weight is 391 g/mol. The molecule has 8 heteroatoms. The molecule has 0 bridgehead atoms. The number of fused-ring (bicyclic) bond motifs is 3. The Balaban J connectivity index is 2.12. The third-order valence-electron chi connectivity index (χ3n) is 4.42. The largest absolute Gasteiger partial charge is 0.481 e. The Morgan fingerprint density at radius 3 is 2.33 bits per heavy atom. The molecule has 27 heavy (non-hydrogen) atoms. The van der Waals surface area contributed by atoms with Crippen LogP contribution in [0.5, 0.6) is 5.75 Å². The van der Waals surface area contributed by atoms with Gasteiger partial charge in [-0.15, -0.1) is 0 Å². The van der Waals surface area contributed by atoms with Gasteiger partial charge in [0, 0.05) is 17.7 Å². The molecule has 7 nitrogen and oxygen atoms in total. The highest BCUT2D eigenvalue weighted by atomic mass is 31.2. The fraction of sp³-hybridized carbons (Fsp3) is 0.263. The maximum atomic E-state index is 12.0. The quantitative estimate of drug-likeness (QED) is 0.622. The smallest absolute Gasteiger partial charge is 0.353 e. The molecule has 1 aliphatic rings. The van der Waals surface area contributed by atoms with E-state index in [4.69, 9.17) is 9.26 Å². The first-order valence-corrected chi connectivity index (χ1v) is 10.2. The van der Waals surface area contributed by atoms with Crippen LogP contribution in [0.1, 0.15) is 13.3 Å². The van der Waals surface area contributed by atoms with Crippen molar-refractivity contribution in [1.82, 2.24) is 0 Å². The molecule has 0 aliphatic carbocycles. The zero-order valence-corrected chi connectivity index (χ0v) is 15.6. The first-order chi connectivity index (χ1) is 12.8. The van der Waals surface area contributed by atoms with Crippen molar-refractivity contribution >= 4 is 25.0 Å². The molecular weight excluding hydrogens is 371 g/mol. The topological polar surface area (TPSA) is 113 Å². The Morgan fingerprint density at radius 1 is 1.07 bits per heavy atom. The second-order valence-electron chi connectivity index (χ2n) is 6.27. The number of hydrogen-bond donors (Lipinski definition) is 3. The molecule has 0 aromatic heterocycles. The molecule has 142 valence electrons. The normalized spacial score (nSPS) is 19.9. The number of carboxylic acid groups (broad SMARTS) is 2. The summed E-state index contributed by atoms with van der Waals surface area (Å²) in [7, 11) is -3.52. The van der Waals surface area contributed by atoms with E-state index < -0.39 is 37.8 Å². The molecule has 0 amide bonds. The fourth-order valence-corrected chi connectivity index (χ4v) is 6.07. The summed E-state index contributed by atoms with van der Waals surface area (Å²) < 4.78 is 11.3. The van der Waals surface area contributed by atoms with Crippen molar-refractivity contribution in [3.8, 4) is 16.9 Å². The summed E-state index contributed by atoms with van der Waals surface area (Å²) in [6, 6.07) is 14.2. The van der Waals surface area contributed by atoms with Crippen LogP contribution in [0.3, 0.4) is 0 Å². The van der Waals surface area contributed by atoms with Gasteiger partial charge in [-0.1, -0.05) is 36.4 Å². The molecular formula is C19H20O7P+.